The zero-order valence-corrected chi connectivity index (χ0v) is 13.8. The molecule has 1 aromatic heterocycles. The van der Waals surface area contributed by atoms with Gasteiger partial charge in [0.25, 0.3) is 0 Å². The van der Waals surface area contributed by atoms with Gasteiger partial charge < -0.3 is 10.4 Å². The Balaban J connectivity index is 2.05. The highest BCUT2D eigenvalue weighted by Crippen LogP contribution is 2.26. The van der Waals surface area contributed by atoms with Crippen molar-refractivity contribution >= 4 is 29.3 Å². The van der Waals surface area contributed by atoms with Crippen LogP contribution in [-0.4, -0.2) is 22.0 Å². The predicted molar refractivity (Wildman–Crippen MR) is 90.3 cm³/mol. The van der Waals surface area contributed by atoms with Gasteiger partial charge in [-0.15, -0.1) is 11.3 Å². The highest BCUT2D eigenvalue weighted by atomic mass is 32.1. The molecule has 1 amide bonds. The van der Waals surface area contributed by atoms with Crippen molar-refractivity contribution < 1.29 is 14.7 Å². The average molecular weight is 330 g/mol. The SMILES string of the molecule is CCC(C)(NC(=O)/C=C/c1ccc(C(=O)O)cc1)c1nccs1. The molecule has 0 aliphatic heterocycles. The predicted octanol–water partition coefficient (Wildman–Crippen LogP) is 3.30. The number of aromatic nitrogens is 1. The van der Waals surface area contributed by atoms with Crippen LogP contribution in [0.1, 0.15) is 41.2 Å². The van der Waals surface area contributed by atoms with Crippen LogP contribution in [0.5, 0.6) is 0 Å². The zero-order valence-electron chi connectivity index (χ0n) is 12.9. The van der Waals surface area contributed by atoms with Crippen LogP contribution in [0.3, 0.4) is 0 Å². The number of amides is 1. The number of benzene rings is 1. The van der Waals surface area contributed by atoms with E-state index in [1.165, 1.54) is 29.5 Å². The van der Waals surface area contributed by atoms with Crippen LogP contribution in [0.15, 0.2) is 41.9 Å². The molecule has 1 heterocycles. The molecule has 0 radical (unpaired) electrons. The van der Waals surface area contributed by atoms with Crippen molar-refractivity contribution in [2.24, 2.45) is 0 Å². The van der Waals surface area contributed by atoms with Crippen molar-refractivity contribution in [3.63, 3.8) is 0 Å². The van der Waals surface area contributed by atoms with Crippen LogP contribution in [0.2, 0.25) is 0 Å². The molecule has 0 aliphatic carbocycles. The summed E-state index contributed by atoms with van der Waals surface area (Å²) in [7, 11) is 0. The van der Waals surface area contributed by atoms with Gasteiger partial charge in [-0.3, -0.25) is 4.79 Å². The fraction of sp³-hybridized carbons (Fsp3) is 0.235. The van der Waals surface area contributed by atoms with E-state index in [1.807, 2.05) is 19.2 Å². The van der Waals surface area contributed by atoms with E-state index in [0.717, 1.165) is 17.0 Å². The van der Waals surface area contributed by atoms with Gasteiger partial charge in [0.15, 0.2) is 0 Å². The molecular weight excluding hydrogens is 312 g/mol. The highest BCUT2D eigenvalue weighted by molar-refractivity contribution is 7.09. The van der Waals surface area contributed by atoms with Crippen LogP contribution in [0.25, 0.3) is 6.08 Å². The third kappa shape index (κ3) is 4.26. The van der Waals surface area contributed by atoms with Crippen molar-refractivity contribution in [2.75, 3.05) is 0 Å². The number of hydrogen-bond acceptors (Lipinski definition) is 4. The minimum atomic E-state index is -0.972. The van der Waals surface area contributed by atoms with Crippen LogP contribution in [0, 0.1) is 0 Å². The quantitative estimate of drug-likeness (QED) is 0.797. The number of nitrogens with zero attached hydrogens (tertiary/aromatic N) is 1. The molecule has 1 unspecified atom stereocenters. The summed E-state index contributed by atoms with van der Waals surface area (Å²) >= 11 is 1.51. The fourth-order valence-corrected chi connectivity index (χ4v) is 2.84. The molecule has 0 saturated heterocycles. The topological polar surface area (TPSA) is 79.3 Å². The fourth-order valence-electron chi connectivity index (χ4n) is 2.01. The summed E-state index contributed by atoms with van der Waals surface area (Å²) in [5.41, 5.74) is 0.481. The molecule has 0 spiro atoms. The average Bonchev–Trinajstić information content (AvgIpc) is 3.08. The number of hydrogen-bond donors (Lipinski definition) is 2. The summed E-state index contributed by atoms with van der Waals surface area (Å²) in [6.45, 7) is 3.94. The summed E-state index contributed by atoms with van der Waals surface area (Å²) in [4.78, 5) is 27.2. The molecule has 1 atom stereocenters. The molecular formula is C17H18N2O3S. The molecule has 0 bridgehead atoms. The molecule has 0 fully saturated rings. The van der Waals surface area contributed by atoms with Gasteiger partial charge in [0.2, 0.25) is 5.91 Å². The Kier molecular flexibility index (Phi) is 5.28. The van der Waals surface area contributed by atoms with Crippen molar-refractivity contribution in [2.45, 2.75) is 25.8 Å². The van der Waals surface area contributed by atoms with E-state index in [9.17, 15) is 9.59 Å². The molecule has 2 N–H and O–H groups in total. The molecule has 23 heavy (non-hydrogen) atoms. The van der Waals surface area contributed by atoms with Gasteiger partial charge in [-0.1, -0.05) is 19.1 Å². The second-order valence-corrected chi connectivity index (χ2v) is 6.17. The minimum absolute atomic E-state index is 0.216. The van der Waals surface area contributed by atoms with E-state index in [-0.39, 0.29) is 11.5 Å². The first-order valence-corrected chi connectivity index (χ1v) is 8.06. The molecule has 1 aromatic carbocycles. The summed E-state index contributed by atoms with van der Waals surface area (Å²) in [5.74, 6) is -1.19. The molecule has 0 saturated carbocycles. The van der Waals surface area contributed by atoms with Gasteiger partial charge in [-0.2, -0.15) is 0 Å². The van der Waals surface area contributed by atoms with Crippen LogP contribution >= 0.6 is 11.3 Å². The van der Waals surface area contributed by atoms with Crippen LogP contribution < -0.4 is 5.32 Å². The normalized spacial score (nSPS) is 13.7. The van der Waals surface area contributed by atoms with Gasteiger partial charge >= 0.3 is 5.97 Å². The number of carboxylic acids is 1. The van der Waals surface area contributed by atoms with E-state index >= 15 is 0 Å². The Bertz CT molecular complexity index is 708. The smallest absolute Gasteiger partial charge is 0.335 e. The Hall–Kier alpha value is -2.47. The lowest BCUT2D eigenvalue weighted by Crippen LogP contribution is -2.42. The van der Waals surface area contributed by atoms with Gasteiger partial charge in [-0.05, 0) is 37.1 Å². The highest BCUT2D eigenvalue weighted by Gasteiger charge is 2.28. The molecule has 2 rings (SSSR count). The third-order valence-corrected chi connectivity index (χ3v) is 4.63. The second kappa shape index (κ2) is 7.19. The lowest BCUT2D eigenvalue weighted by Gasteiger charge is -2.26. The van der Waals surface area contributed by atoms with Crippen LogP contribution in [-0.2, 0) is 10.3 Å². The second-order valence-electron chi connectivity index (χ2n) is 5.27. The van der Waals surface area contributed by atoms with E-state index in [0.29, 0.717) is 0 Å². The van der Waals surface area contributed by atoms with Gasteiger partial charge in [0.05, 0.1) is 11.1 Å². The maximum atomic E-state index is 12.1. The van der Waals surface area contributed by atoms with Crippen molar-refractivity contribution in [3.8, 4) is 0 Å². The first-order chi connectivity index (χ1) is 10.9. The molecule has 0 aliphatic rings. The summed E-state index contributed by atoms with van der Waals surface area (Å²) in [6.07, 6.45) is 5.55. The lowest BCUT2D eigenvalue weighted by molar-refractivity contribution is -0.118. The van der Waals surface area contributed by atoms with Gasteiger partial charge in [0.1, 0.15) is 5.01 Å². The van der Waals surface area contributed by atoms with Gasteiger partial charge in [0, 0.05) is 17.7 Å². The maximum absolute atomic E-state index is 12.1. The van der Waals surface area contributed by atoms with Crippen molar-refractivity contribution in [1.82, 2.24) is 10.3 Å². The van der Waals surface area contributed by atoms with E-state index in [2.05, 4.69) is 10.3 Å². The Morgan fingerprint density at radius 1 is 1.35 bits per heavy atom. The number of carboxylic acid groups (broad SMARTS) is 1. The summed E-state index contributed by atoms with van der Waals surface area (Å²) < 4.78 is 0. The number of rotatable bonds is 6. The third-order valence-electron chi connectivity index (χ3n) is 3.60. The molecule has 6 heteroatoms. The first-order valence-electron chi connectivity index (χ1n) is 7.18. The lowest BCUT2D eigenvalue weighted by atomic mass is 10.00. The standard InChI is InChI=1S/C17H18N2O3S/c1-3-17(2,16-18-10-11-23-16)19-14(20)9-6-12-4-7-13(8-5-12)15(21)22/h4-11H,3H2,1-2H3,(H,19,20)(H,21,22)/b9-6+. The Morgan fingerprint density at radius 2 is 2.04 bits per heavy atom. The van der Waals surface area contributed by atoms with E-state index in [4.69, 9.17) is 5.11 Å². The molecule has 5 nitrogen and oxygen atoms in total. The Labute approximate surface area is 138 Å². The molecule has 2 aromatic rings. The first kappa shape index (κ1) is 16.9. The van der Waals surface area contributed by atoms with E-state index < -0.39 is 11.5 Å². The molecule has 120 valence electrons. The van der Waals surface area contributed by atoms with Crippen molar-refractivity contribution in [3.05, 3.63) is 58.1 Å². The Morgan fingerprint density at radius 3 is 2.57 bits per heavy atom. The number of aromatic carboxylic acids is 1. The minimum Gasteiger partial charge on any atom is -0.478 e. The number of thiazole rings is 1. The summed E-state index contributed by atoms with van der Waals surface area (Å²) in [6, 6.07) is 6.33. The largest absolute Gasteiger partial charge is 0.478 e. The van der Waals surface area contributed by atoms with E-state index in [1.54, 1.807) is 24.4 Å². The number of nitrogens with one attached hydrogen (secondary N) is 1. The number of carbonyl (C=O) groups is 2. The summed E-state index contributed by atoms with van der Waals surface area (Å²) in [5, 5.41) is 14.6. The number of carbonyl (C=O) groups excluding carboxylic acids is 1. The van der Waals surface area contributed by atoms with Gasteiger partial charge in [-0.25, -0.2) is 9.78 Å². The van der Waals surface area contributed by atoms with Crippen molar-refractivity contribution in [1.29, 1.82) is 0 Å². The maximum Gasteiger partial charge on any atom is 0.335 e. The van der Waals surface area contributed by atoms with Crippen LogP contribution in [0.4, 0.5) is 0 Å². The monoisotopic (exact) mass is 330 g/mol. The zero-order chi connectivity index (χ0) is 16.9.